The van der Waals surface area contributed by atoms with E-state index in [-0.39, 0.29) is 11.9 Å². The van der Waals surface area contributed by atoms with Crippen LogP contribution in [0.25, 0.3) is 0 Å². The van der Waals surface area contributed by atoms with E-state index in [1.807, 2.05) is 23.0 Å². The van der Waals surface area contributed by atoms with Gasteiger partial charge in [-0.25, -0.2) is 9.97 Å². The monoisotopic (exact) mass is 355 g/mol. The van der Waals surface area contributed by atoms with Gasteiger partial charge in [-0.3, -0.25) is 9.48 Å². The first-order valence-corrected chi connectivity index (χ1v) is 9.38. The molecule has 2 aliphatic rings. The van der Waals surface area contributed by atoms with Crippen molar-refractivity contribution in [1.82, 2.24) is 30.4 Å². The summed E-state index contributed by atoms with van der Waals surface area (Å²) in [6.45, 7) is 3.62. The highest BCUT2D eigenvalue weighted by Gasteiger charge is 2.24. The van der Waals surface area contributed by atoms with Crippen LogP contribution in [0.5, 0.6) is 0 Å². The molecule has 2 aromatic rings. The average Bonchev–Trinajstić information content (AvgIpc) is 3.20. The van der Waals surface area contributed by atoms with Crippen molar-refractivity contribution in [3.8, 4) is 0 Å². The van der Waals surface area contributed by atoms with Gasteiger partial charge in [0.15, 0.2) is 0 Å². The summed E-state index contributed by atoms with van der Waals surface area (Å²) in [7, 11) is 0. The molecule has 138 valence electrons. The Bertz CT molecular complexity index is 726. The third-order valence-electron chi connectivity index (χ3n) is 5.08. The minimum absolute atomic E-state index is 0.0848. The van der Waals surface area contributed by atoms with Crippen molar-refractivity contribution in [1.29, 1.82) is 0 Å². The van der Waals surface area contributed by atoms with Gasteiger partial charge in [-0.1, -0.05) is 0 Å². The van der Waals surface area contributed by atoms with Gasteiger partial charge in [-0.2, -0.15) is 5.10 Å². The molecule has 8 nitrogen and oxygen atoms in total. The maximum absolute atomic E-state index is 12.6. The molecule has 2 atom stereocenters. The van der Waals surface area contributed by atoms with E-state index in [0.29, 0.717) is 11.7 Å². The highest BCUT2D eigenvalue weighted by Crippen LogP contribution is 2.17. The Labute approximate surface area is 153 Å². The Balaban J connectivity index is 1.36. The number of piperidine rings is 2. The van der Waals surface area contributed by atoms with E-state index in [0.717, 1.165) is 57.8 Å². The van der Waals surface area contributed by atoms with Gasteiger partial charge in [0.1, 0.15) is 5.69 Å². The number of anilines is 1. The Hall–Kier alpha value is -2.48. The molecule has 0 aliphatic carbocycles. The third kappa shape index (κ3) is 3.85. The minimum atomic E-state index is -0.103. The van der Waals surface area contributed by atoms with Gasteiger partial charge in [-0.05, 0) is 44.4 Å². The van der Waals surface area contributed by atoms with Gasteiger partial charge in [0.2, 0.25) is 5.95 Å². The van der Waals surface area contributed by atoms with Crippen molar-refractivity contribution in [3.63, 3.8) is 0 Å². The number of hydrogen-bond acceptors (Lipinski definition) is 6. The van der Waals surface area contributed by atoms with Crippen LogP contribution in [0.3, 0.4) is 0 Å². The number of amides is 1. The lowest BCUT2D eigenvalue weighted by molar-refractivity contribution is 0.0926. The van der Waals surface area contributed by atoms with Crippen LogP contribution in [0, 0.1) is 0 Å². The van der Waals surface area contributed by atoms with Crippen LogP contribution in [0.1, 0.15) is 42.2 Å². The van der Waals surface area contributed by atoms with E-state index in [9.17, 15) is 4.79 Å². The molecule has 2 aromatic heterocycles. The number of carbonyl (C=O) groups is 1. The van der Waals surface area contributed by atoms with E-state index >= 15 is 0 Å². The normalized spacial score (nSPS) is 23.6. The molecule has 8 heteroatoms. The summed E-state index contributed by atoms with van der Waals surface area (Å²) in [6.07, 6.45) is 9.62. The van der Waals surface area contributed by atoms with Gasteiger partial charge in [0, 0.05) is 44.3 Å². The number of rotatable bonds is 4. The summed E-state index contributed by atoms with van der Waals surface area (Å²) < 4.78 is 1.92. The zero-order valence-corrected chi connectivity index (χ0v) is 14.8. The lowest BCUT2D eigenvalue weighted by Gasteiger charge is -2.32. The summed E-state index contributed by atoms with van der Waals surface area (Å²) in [6, 6.07) is 4.04. The highest BCUT2D eigenvalue weighted by atomic mass is 16.2. The largest absolute Gasteiger partial charge is 0.346 e. The molecule has 4 heterocycles. The molecule has 2 aliphatic heterocycles. The maximum Gasteiger partial charge on any atom is 0.272 e. The fourth-order valence-electron chi connectivity index (χ4n) is 3.71. The first-order chi connectivity index (χ1) is 12.8. The van der Waals surface area contributed by atoms with Crippen LogP contribution in [-0.4, -0.2) is 57.9 Å². The first kappa shape index (κ1) is 17.0. The smallest absolute Gasteiger partial charge is 0.272 e. The van der Waals surface area contributed by atoms with Gasteiger partial charge in [0.05, 0.1) is 6.04 Å². The second-order valence-corrected chi connectivity index (χ2v) is 6.99. The summed E-state index contributed by atoms with van der Waals surface area (Å²) in [5.41, 5.74) is 0.489. The van der Waals surface area contributed by atoms with Crippen molar-refractivity contribution in [2.45, 2.75) is 37.8 Å². The predicted molar refractivity (Wildman–Crippen MR) is 98.1 cm³/mol. The fraction of sp³-hybridized carbons (Fsp3) is 0.556. The molecule has 0 radical (unpaired) electrons. The quantitative estimate of drug-likeness (QED) is 0.851. The van der Waals surface area contributed by atoms with E-state index < -0.39 is 0 Å². The van der Waals surface area contributed by atoms with Gasteiger partial charge in [-0.15, -0.1) is 0 Å². The number of carbonyl (C=O) groups excluding carboxylic acids is 1. The van der Waals surface area contributed by atoms with Gasteiger partial charge < -0.3 is 15.5 Å². The van der Waals surface area contributed by atoms with Crippen molar-refractivity contribution in [2.24, 2.45) is 0 Å². The Morgan fingerprint density at radius 3 is 2.92 bits per heavy atom. The van der Waals surface area contributed by atoms with Crippen LogP contribution >= 0.6 is 0 Å². The van der Waals surface area contributed by atoms with Crippen molar-refractivity contribution in [2.75, 3.05) is 31.1 Å². The van der Waals surface area contributed by atoms with Crippen LogP contribution in [0.4, 0.5) is 5.95 Å². The van der Waals surface area contributed by atoms with Crippen molar-refractivity contribution < 1.29 is 4.79 Å². The van der Waals surface area contributed by atoms with Crippen LogP contribution in [-0.2, 0) is 0 Å². The number of aromatic nitrogens is 4. The van der Waals surface area contributed by atoms with Crippen molar-refractivity contribution >= 4 is 11.9 Å². The van der Waals surface area contributed by atoms with Gasteiger partial charge >= 0.3 is 0 Å². The second kappa shape index (κ2) is 7.82. The standard InChI is InChI=1S/C18H25N7O/c26-17(16-6-11-25(23-16)15-5-1-7-19-12-15)22-14-4-2-10-24(13-14)18-20-8-3-9-21-18/h3,6,8-9,11,14-15,19H,1-2,4-5,7,10,12-13H2,(H,22,26). The molecular formula is C18H25N7O. The molecule has 0 saturated carbocycles. The van der Waals surface area contributed by atoms with Crippen LogP contribution in [0.2, 0.25) is 0 Å². The summed E-state index contributed by atoms with van der Waals surface area (Å²) in [5.74, 6) is 0.619. The molecule has 0 aromatic carbocycles. The number of nitrogens with one attached hydrogen (secondary N) is 2. The number of hydrogen-bond donors (Lipinski definition) is 2. The summed E-state index contributed by atoms with van der Waals surface area (Å²) in [4.78, 5) is 23.3. The van der Waals surface area contributed by atoms with Crippen molar-refractivity contribution in [3.05, 3.63) is 36.4 Å². The molecule has 0 bridgehead atoms. The van der Waals surface area contributed by atoms with Gasteiger partial charge in [0.25, 0.3) is 5.91 Å². The summed E-state index contributed by atoms with van der Waals surface area (Å²) in [5, 5.41) is 11.0. The molecule has 0 spiro atoms. The zero-order chi connectivity index (χ0) is 17.8. The molecule has 2 unspecified atom stereocenters. The van der Waals surface area contributed by atoms with E-state index in [4.69, 9.17) is 0 Å². The Morgan fingerprint density at radius 1 is 1.23 bits per heavy atom. The molecular weight excluding hydrogens is 330 g/mol. The second-order valence-electron chi connectivity index (χ2n) is 6.99. The fourth-order valence-corrected chi connectivity index (χ4v) is 3.71. The third-order valence-corrected chi connectivity index (χ3v) is 5.08. The molecule has 1 amide bonds. The molecule has 2 N–H and O–H groups in total. The zero-order valence-electron chi connectivity index (χ0n) is 14.8. The SMILES string of the molecule is O=C(NC1CCCN(c2ncccn2)C1)c1ccn(C2CCCNC2)n1. The Morgan fingerprint density at radius 2 is 2.12 bits per heavy atom. The molecule has 2 saturated heterocycles. The van der Waals surface area contributed by atoms with E-state index in [1.165, 1.54) is 0 Å². The van der Waals surface area contributed by atoms with Crippen LogP contribution < -0.4 is 15.5 Å². The minimum Gasteiger partial charge on any atom is -0.346 e. The lowest BCUT2D eigenvalue weighted by Crippen LogP contribution is -2.48. The molecule has 26 heavy (non-hydrogen) atoms. The average molecular weight is 355 g/mol. The predicted octanol–water partition coefficient (Wildman–Crippen LogP) is 0.996. The van der Waals surface area contributed by atoms with E-state index in [1.54, 1.807) is 12.4 Å². The number of nitrogens with zero attached hydrogens (tertiary/aromatic N) is 5. The van der Waals surface area contributed by atoms with E-state index in [2.05, 4.69) is 30.6 Å². The van der Waals surface area contributed by atoms with Crippen LogP contribution in [0.15, 0.2) is 30.7 Å². The Kier molecular flexibility index (Phi) is 5.10. The summed E-state index contributed by atoms with van der Waals surface area (Å²) >= 11 is 0. The maximum atomic E-state index is 12.6. The lowest BCUT2D eigenvalue weighted by atomic mass is 10.1. The first-order valence-electron chi connectivity index (χ1n) is 9.38. The highest BCUT2D eigenvalue weighted by molar-refractivity contribution is 5.92. The topological polar surface area (TPSA) is 88.0 Å². The molecule has 2 fully saturated rings. The molecule has 4 rings (SSSR count).